The summed E-state index contributed by atoms with van der Waals surface area (Å²) in [6.45, 7) is 2.17. The van der Waals surface area contributed by atoms with Gasteiger partial charge in [0.05, 0.1) is 0 Å². The molecular formula is C21H27FO2S. The number of alkyl halides is 1. The quantitative estimate of drug-likeness (QED) is 0.519. The summed E-state index contributed by atoms with van der Waals surface area (Å²) in [5.74, 6) is 2.43. The third-order valence-corrected chi connectivity index (χ3v) is 8.19. The molecule has 2 saturated carbocycles. The minimum Gasteiger partial charge on any atom is -0.299 e. The van der Waals surface area contributed by atoms with Crippen LogP contribution in [0.25, 0.3) is 0 Å². The lowest BCUT2D eigenvalue weighted by Gasteiger charge is -2.53. The first-order valence-corrected chi connectivity index (χ1v) is 10.8. The van der Waals surface area contributed by atoms with Gasteiger partial charge in [-0.3, -0.25) is 9.59 Å². The Morgan fingerprint density at radius 1 is 1.24 bits per heavy atom. The second-order valence-electron chi connectivity index (χ2n) is 8.48. The van der Waals surface area contributed by atoms with Crippen LogP contribution in [0.5, 0.6) is 0 Å². The molecular weight excluding hydrogens is 335 g/mol. The van der Waals surface area contributed by atoms with E-state index in [1.165, 1.54) is 22.9 Å². The van der Waals surface area contributed by atoms with Crippen LogP contribution in [0.2, 0.25) is 0 Å². The van der Waals surface area contributed by atoms with E-state index < -0.39 is 0 Å². The van der Waals surface area contributed by atoms with Gasteiger partial charge in [0, 0.05) is 23.7 Å². The standard InChI is InChI=1S/C21H27FO2S/c1-20-8-7-18-16(17(20)4-5-19(20)24)3-2-14-12-15(23)6-9-21(14,18)10-11-25-13-22/h7,12,16-17H,2-6,8-11,13H2,1H3/t16-,17-,20-,21+/m0/s1. The van der Waals surface area contributed by atoms with Gasteiger partial charge in [0.1, 0.15) is 11.8 Å². The van der Waals surface area contributed by atoms with Crippen molar-refractivity contribution < 1.29 is 14.0 Å². The van der Waals surface area contributed by atoms with Gasteiger partial charge >= 0.3 is 0 Å². The van der Waals surface area contributed by atoms with E-state index in [9.17, 15) is 14.0 Å². The molecule has 0 N–H and O–H groups in total. The third-order valence-electron chi connectivity index (χ3n) is 7.54. The van der Waals surface area contributed by atoms with Gasteiger partial charge in [-0.1, -0.05) is 24.1 Å². The van der Waals surface area contributed by atoms with Crippen molar-refractivity contribution in [3.8, 4) is 0 Å². The zero-order valence-corrected chi connectivity index (χ0v) is 15.8. The fraction of sp³-hybridized carbons (Fsp3) is 0.714. The summed E-state index contributed by atoms with van der Waals surface area (Å²) < 4.78 is 12.7. The maximum Gasteiger partial charge on any atom is 0.155 e. The van der Waals surface area contributed by atoms with Crippen LogP contribution >= 0.6 is 11.8 Å². The highest BCUT2D eigenvalue weighted by Crippen LogP contribution is 2.63. The molecule has 0 aliphatic heterocycles. The van der Waals surface area contributed by atoms with Gasteiger partial charge in [0.2, 0.25) is 0 Å². The third kappa shape index (κ3) is 2.58. The first kappa shape index (κ1) is 17.5. The molecule has 136 valence electrons. The number of allylic oxidation sites excluding steroid dienone is 4. The molecule has 4 aliphatic carbocycles. The van der Waals surface area contributed by atoms with Gasteiger partial charge in [-0.05, 0) is 62.2 Å². The fourth-order valence-electron chi connectivity index (χ4n) is 6.19. The number of fused-ring (bicyclic) bond motifs is 5. The molecule has 4 aliphatic rings. The van der Waals surface area contributed by atoms with E-state index in [4.69, 9.17) is 0 Å². The van der Waals surface area contributed by atoms with Crippen molar-refractivity contribution in [3.05, 3.63) is 23.3 Å². The molecule has 0 spiro atoms. The van der Waals surface area contributed by atoms with Gasteiger partial charge in [-0.25, -0.2) is 4.39 Å². The number of ketones is 2. The van der Waals surface area contributed by atoms with Crippen molar-refractivity contribution in [1.82, 2.24) is 0 Å². The van der Waals surface area contributed by atoms with Crippen molar-refractivity contribution >= 4 is 23.3 Å². The lowest BCUT2D eigenvalue weighted by Crippen LogP contribution is -2.46. The van der Waals surface area contributed by atoms with Gasteiger partial charge in [-0.15, -0.1) is 11.8 Å². The van der Waals surface area contributed by atoms with Gasteiger partial charge < -0.3 is 0 Å². The highest BCUT2D eigenvalue weighted by Gasteiger charge is 2.56. The van der Waals surface area contributed by atoms with E-state index in [-0.39, 0.29) is 22.6 Å². The minimum absolute atomic E-state index is 0.0357. The summed E-state index contributed by atoms with van der Waals surface area (Å²) in [6.07, 6.45) is 11.3. The van der Waals surface area contributed by atoms with Crippen LogP contribution < -0.4 is 0 Å². The van der Waals surface area contributed by atoms with E-state index >= 15 is 0 Å². The average Bonchev–Trinajstić information content (AvgIpc) is 2.91. The van der Waals surface area contributed by atoms with Crippen molar-refractivity contribution in [2.45, 2.75) is 58.3 Å². The number of Topliss-reactive ketones (excluding diaryl/α,β-unsaturated/α-hetero) is 1. The molecule has 0 amide bonds. The van der Waals surface area contributed by atoms with E-state index in [0.717, 1.165) is 50.7 Å². The highest BCUT2D eigenvalue weighted by atomic mass is 32.2. The molecule has 0 aromatic heterocycles. The number of carbonyl (C=O) groups excluding carboxylic acids is 2. The molecule has 4 heteroatoms. The summed E-state index contributed by atoms with van der Waals surface area (Å²) in [7, 11) is 0. The van der Waals surface area contributed by atoms with Crippen molar-refractivity contribution in [3.63, 3.8) is 0 Å². The Morgan fingerprint density at radius 3 is 2.88 bits per heavy atom. The molecule has 0 saturated heterocycles. The highest BCUT2D eigenvalue weighted by molar-refractivity contribution is 7.99. The molecule has 4 atom stereocenters. The van der Waals surface area contributed by atoms with Crippen molar-refractivity contribution in [2.75, 3.05) is 11.8 Å². The van der Waals surface area contributed by atoms with Crippen LogP contribution in [0.3, 0.4) is 0 Å². The maximum atomic E-state index is 12.7. The Labute approximate surface area is 153 Å². The van der Waals surface area contributed by atoms with Gasteiger partial charge in [-0.2, -0.15) is 0 Å². The van der Waals surface area contributed by atoms with Crippen LogP contribution in [-0.4, -0.2) is 23.3 Å². The van der Waals surface area contributed by atoms with Crippen LogP contribution in [0.4, 0.5) is 4.39 Å². The van der Waals surface area contributed by atoms with E-state index in [0.29, 0.717) is 24.0 Å². The summed E-state index contributed by atoms with van der Waals surface area (Å²) in [6, 6.07) is -0.342. The Kier molecular flexibility index (Phi) is 4.46. The minimum atomic E-state index is -0.342. The number of thioether (sulfide) groups is 1. The molecule has 2 nitrogen and oxygen atoms in total. The number of halogens is 1. The number of hydrogen-bond acceptors (Lipinski definition) is 3. The summed E-state index contributed by atoms with van der Waals surface area (Å²) in [4.78, 5) is 24.5. The Morgan fingerprint density at radius 2 is 2.08 bits per heavy atom. The number of rotatable bonds is 4. The largest absolute Gasteiger partial charge is 0.299 e. The summed E-state index contributed by atoms with van der Waals surface area (Å²) in [5.41, 5.74) is 2.58. The molecule has 0 aromatic rings. The second kappa shape index (κ2) is 6.37. The average molecular weight is 363 g/mol. The second-order valence-corrected chi connectivity index (χ2v) is 9.51. The molecule has 0 heterocycles. The van der Waals surface area contributed by atoms with Crippen LogP contribution in [0.15, 0.2) is 23.3 Å². The summed E-state index contributed by atoms with van der Waals surface area (Å²) >= 11 is 1.35. The van der Waals surface area contributed by atoms with E-state index in [2.05, 4.69) is 13.0 Å². The van der Waals surface area contributed by atoms with Gasteiger partial charge in [0.25, 0.3) is 0 Å². The van der Waals surface area contributed by atoms with Crippen molar-refractivity contribution in [1.29, 1.82) is 0 Å². The SMILES string of the molecule is C[C@]12CC=C3[C@@H](CCC4=CC(=O)CC[C@@]43CCSCF)[C@@H]1CCC2=O. The monoisotopic (exact) mass is 362 g/mol. The molecule has 0 aromatic carbocycles. The first-order chi connectivity index (χ1) is 12.0. The van der Waals surface area contributed by atoms with Crippen LogP contribution in [-0.2, 0) is 9.59 Å². The van der Waals surface area contributed by atoms with E-state index in [1.807, 2.05) is 6.08 Å². The Balaban J connectivity index is 1.73. The predicted octanol–water partition coefficient (Wildman–Crippen LogP) is 5.04. The smallest absolute Gasteiger partial charge is 0.155 e. The normalized spacial score (nSPS) is 40.1. The Hall–Kier alpha value is -0.900. The zero-order chi connectivity index (χ0) is 17.7. The first-order valence-electron chi connectivity index (χ1n) is 9.63. The topological polar surface area (TPSA) is 34.1 Å². The summed E-state index contributed by atoms with van der Waals surface area (Å²) in [5, 5.41) is 0. The molecule has 0 unspecified atom stereocenters. The molecule has 4 rings (SSSR count). The van der Waals surface area contributed by atoms with Crippen LogP contribution in [0.1, 0.15) is 58.3 Å². The van der Waals surface area contributed by atoms with Crippen molar-refractivity contribution in [2.24, 2.45) is 22.7 Å². The van der Waals surface area contributed by atoms with Gasteiger partial charge in [0.15, 0.2) is 5.78 Å². The number of carbonyl (C=O) groups is 2. The molecule has 0 bridgehead atoms. The van der Waals surface area contributed by atoms with Crippen LogP contribution in [0, 0.1) is 22.7 Å². The molecule has 25 heavy (non-hydrogen) atoms. The fourth-order valence-corrected chi connectivity index (χ4v) is 6.79. The van der Waals surface area contributed by atoms with E-state index in [1.54, 1.807) is 0 Å². The molecule has 0 radical (unpaired) electrons. The molecule has 2 fully saturated rings. The Bertz CT molecular complexity index is 667. The zero-order valence-electron chi connectivity index (χ0n) is 15.0. The lowest BCUT2D eigenvalue weighted by molar-refractivity contribution is -0.127. The maximum absolute atomic E-state index is 12.7. The predicted molar refractivity (Wildman–Crippen MR) is 99.1 cm³/mol. The number of hydrogen-bond donors (Lipinski definition) is 0. The lowest BCUT2D eigenvalue weighted by atomic mass is 9.50.